The molecule has 1 amide bonds. The number of anilines is 1. The van der Waals surface area contributed by atoms with Gasteiger partial charge < -0.3 is 14.8 Å². The maximum absolute atomic E-state index is 12.7. The van der Waals surface area contributed by atoms with Crippen LogP contribution in [0.5, 0.6) is 0 Å². The van der Waals surface area contributed by atoms with Gasteiger partial charge in [-0.25, -0.2) is 9.97 Å². The zero-order chi connectivity index (χ0) is 18.1. The monoisotopic (exact) mass is 461 g/mol. The van der Waals surface area contributed by atoms with E-state index in [1.165, 1.54) is 0 Å². The van der Waals surface area contributed by atoms with Crippen molar-refractivity contribution in [3.05, 3.63) is 52.0 Å². The van der Waals surface area contributed by atoms with Crippen molar-refractivity contribution in [3.63, 3.8) is 0 Å². The lowest BCUT2D eigenvalue weighted by Crippen LogP contribution is -2.46. The van der Waals surface area contributed by atoms with Gasteiger partial charge in [0, 0.05) is 41.5 Å². The number of piperidine rings is 1. The number of carbonyl (C=O) groups is 1. The van der Waals surface area contributed by atoms with E-state index < -0.39 is 0 Å². The van der Waals surface area contributed by atoms with Gasteiger partial charge >= 0.3 is 0 Å². The van der Waals surface area contributed by atoms with Crippen LogP contribution in [0.25, 0.3) is 11.0 Å². The molecule has 26 heavy (non-hydrogen) atoms. The van der Waals surface area contributed by atoms with Gasteiger partial charge in [-0.1, -0.05) is 0 Å². The summed E-state index contributed by atoms with van der Waals surface area (Å²) in [5, 5.41) is 1.03. The van der Waals surface area contributed by atoms with Crippen LogP contribution in [0, 0.1) is 3.57 Å². The maximum Gasteiger partial charge on any atom is 0.253 e. The summed E-state index contributed by atoms with van der Waals surface area (Å²) in [6.07, 6.45) is 5.35. The van der Waals surface area contributed by atoms with E-state index in [1.807, 2.05) is 41.4 Å². The summed E-state index contributed by atoms with van der Waals surface area (Å²) in [4.78, 5) is 28.7. The van der Waals surface area contributed by atoms with Crippen LogP contribution in [-0.2, 0) is 0 Å². The number of nitrogens with one attached hydrogen (secondary N) is 1. The fourth-order valence-electron chi connectivity index (χ4n) is 3.54. The predicted molar refractivity (Wildman–Crippen MR) is 110 cm³/mol. The van der Waals surface area contributed by atoms with E-state index in [0.29, 0.717) is 6.04 Å². The molecule has 0 spiro atoms. The molecule has 1 aliphatic rings. The van der Waals surface area contributed by atoms with Gasteiger partial charge in [0.1, 0.15) is 17.8 Å². The summed E-state index contributed by atoms with van der Waals surface area (Å²) in [7, 11) is 2.08. The molecule has 1 aromatic carbocycles. The van der Waals surface area contributed by atoms with Crippen LogP contribution < -0.4 is 4.90 Å². The predicted octanol–water partition coefficient (Wildman–Crippen LogP) is 3.30. The van der Waals surface area contributed by atoms with Gasteiger partial charge in [0.15, 0.2) is 0 Å². The second-order valence-electron chi connectivity index (χ2n) is 6.58. The lowest BCUT2D eigenvalue weighted by atomic mass is 10.0. The number of hydrogen-bond acceptors (Lipinski definition) is 4. The summed E-state index contributed by atoms with van der Waals surface area (Å²) in [6, 6.07) is 10.1. The molecule has 0 aliphatic carbocycles. The highest BCUT2D eigenvalue weighted by atomic mass is 127. The highest BCUT2D eigenvalue weighted by Crippen LogP contribution is 2.26. The number of likely N-dealkylation sites (tertiary alicyclic amines) is 1. The van der Waals surface area contributed by atoms with Gasteiger partial charge in [0.05, 0.1) is 5.39 Å². The molecule has 0 saturated carbocycles. The van der Waals surface area contributed by atoms with Crippen LogP contribution in [0.15, 0.2) is 42.9 Å². The van der Waals surface area contributed by atoms with E-state index >= 15 is 0 Å². The Bertz CT molecular complexity index is 915. The third-order valence-corrected chi connectivity index (χ3v) is 5.78. The fourth-order valence-corrected chi connectivity index (χ4v) is 3.90. The molecule has 1 aliphatic heterocycles. The quantitative estimate of drug-likeness (QED) is 0.609. The zero-order valence-electron chi connectivity index (χ0n) is 14.5. The Morgan fingerprint density at radius 3 is 2.65 bits per heavy atom. The van der Waals surface area contributed by atoms with E-state index in [4.69, 9.17) is 0 Å². The second-order valence-corrected chi connectivity index (χ2v) is 7.82. The number of rotatable bonds is 3. The number of carbonyl (C=O) groups excluding carboxylic acids is 1. The highest BCUT2D eigenvalue weighted by Gasteiger charge is 2.27. The molecule has 6 nitrogen and oxygen atoms in total. The molecular formula is C19H20IN5O. The molecule has 0 bridgehead atoms. The topological polar surface area (TPSA) is 65.1 Å². The minimum atomic E-state index is 0.123. The van der Waals surface area contributed by atoms with Crippen molar-refractivity contribution in [3.8, 4) is 0 Å². The first-order chi connectivity index (χ1) is 12.6. The van der Waals surface area contributed by atoms with Crippen LogP contribution >= 0.6 is 22.6 Å². The molecule has 0 atom stereocenters. The van der Waals surface area contributed by atoms with E-state index in [-0.39, 0.29) is 5.91 Å². The average Bonchev–Trinajstić information content (AvgIpc) is 3.16. The van der Waals surface area contributed by atoms with Crippen molar-refractivity contribution < 1.29 is 4.79 Å². The van der Waals surface area contributed by atoms with Gasteiger partial charge in [0.25, 0.3) is 5.91 Å². The van der Waals surface area contributed by atoms with Gasteiger partial charge in [-0.15, -0.1) is 0 Å². The number of halogens is 1. The lowest BCUT2D eigenvalue weighted by molar-refractivity contribution is 0.0713. The number of hydrogen-bond donors (Lipinski definition) is 1. The van der Waals surface area contributed by atoms with Crippen LogP contribution in [0.3, 0.4) is 0 Å². The highest BCUT2D eigenvalue weighted by molar-refractivity contribution is 14.1. The van der Waals surface area contributed by atoms with E-state index in [9.17, 15) is 4.79 Å². The first kappa shape index (κ1) is 17.3. The third kappa shape index (κ3) is 3.27. The van der Waals surface area contributed by atoms with E-state index in [0.717, 1.165) is 51.9 Å². The Morgan fingerprint density at radius 1 is 1.19 bits per heavy atom. The standard InChI is InChI=1S/C19H20IN5O/c1-24(18-16-6-9-21-17(16)22-12-23-18)15-7-10-25(11-8-15)19(26)13-2-4-14(20)5-3-13/h2-6,9,12,15H,7-8,10-11H2,1H3,(H,21,22,23). The number of benzene rings is 1. The van der Waals surface area contributed by atoms with Crippen molar-refractivity contribution in [2.45, 2.75) is 18.9 Å². The number of H-pyrrole nitrogens is 1. The molecule has 2 aromatic heterocycles. The van der Waals surface area contributed by atoms with Crippen LogP contribution in [0.2, 0.25) is 0 Å². The van der Waals surface area contributed by atoms with E-state index in [2.05, 4.69) is 49.5 Å². The minimum Gasteiger partial charge on any atom is -0.356 e. The normalized spacial score (nSPS) is 15.4. The molecule has 0 radical (unpaired) electrons. The summed E-state index contributed by atoms with van der Waals surface area (Å²) < 4.78 is 1.14. The smallest absolute Gasteiger partial charge is 0.253 e. The molecule has 3 aromatic rings. The second kappa shape index (κ2) is 7.22. The van der Waals surface area contributed by atoms with Crippen molar-refractivity contribution in [2.24, 2.45) is 0 Å². The SMILES string of the molecule is CN(c1ncnc2[nH]ccc12)C1CCN(C(=O)c2ccc(I)cc2)CC1. The number of nitrogens with zero attached hydrogens (tertiary/aromatic N) is 4. The van der Waals surface area contributed by atoms with Crippen molar-refractivity contribution in [1.82, 2.24) is 19.9 Å². The molecule has 1 fully saturated rings. The summed E-state index contributed by atoms with van der Waals surface area (Å²) in [5.41, 5.74) is 1.62. The Labute approximate surface area is 165 Å². The van der Waals surface area contributed by atoms with Crippen LogP contribution in [-0.4, -0.2) is 51.9 Å². The molecule has 1 N–H and O–H groups in total. The van der Waals surface area contributed by atoms with E-state index in [1.54, 1.807) is 6.33 Å². The molecule has 3 heterocycles. The number of amides is 1. The number of fused-ring (bicyclic) bond motifs is 1. The first-order valence-corrected chi connectivity index (χ1v) is 9.77. The molecular weight excluding hydrogens is 441 g/mol. The Kier molecular flexibility index (Phi) is 4.80. The van der Waals surface area contributed by atoms with Crippen molar-refractivity contribution in [1.29, 1.82) is 0 Å². The first-order valence-electron chi connectivity index (χ1n) is 8.69. The zero-order valence-corrected chi connectivity index (χ0v) is 16.7. The van der Waals surface area contributed by atoms with Crippen molar-refractivity contribution >= 4 is 45.3 Å². The molecule has 0 unspecified atom stereocenters. The molecule has 134 valence electrons. The number of aromatic nitrogens is 3. The fraction of sp³-hybridized carbons (Fsp3) is 0.316. The third-order valence-electron chi connectivity index (χ3n) is 5.06. The van der Waals surface area contributed by atoms with Crippen molar-refractivity contribution in [2.75, 3.05) is 25.0 Å². The van der Waals surface area contributed by atoms with Crippen LogP contribution in [0.1, 0.15) is 23.2 Å². The Balaban J connectivity index is 1.44. The van der Waals surface area contributed by atoms with Gasteiger partial charge in [0.2, 0.25) is 0 Å². The lowest BCUT2D eigenvalue weighted by Gasteiger charge is -2.37. The number of aromatic amines is 1. The summed E-state index contributed by atoms with van der Waals surface area (Å²) in [5.74, 6) is 1.07. The largest absolute Gasteiger partial charge is 0.356 e. The molecule has 4 rings (SSSR count). The van der Waals surface area contributed by atoms with Crippen LogP contribution in [0.4, 0.5) is 5.82 Å². The Hall–Kier alpha value is -2.16. The van der Waals surface area contributed by atoms with Gasteiger partial charge in [-0.05, 0) is 65.8 Å². The Morgan fingerprint density at radius 2 is 1.92 bits per heavy atom. The van der Waals surface area contributed by atoms with Gasteiger partial charge in [-0.2, -0.15) is 0 Å². The minimum absolute atomic E-state index is 0.123. The summed E-state index contributed by atoms with van der Waals surface area (Å²) >= 11 is 2.25. The van der Waals surface area contributed by atoms with Gasteiger partial charge in [-0.3, -0.25) is 4.79 Å². The summed E-state index contributed by atoms with van der Waals surface area (Å²) in [6.45, 7) is 1.53. The molecule has 1 saturated heterocycles. The maximum atomic E-state index is 12.7. The average molecular weight is 461 g/mol. The molecule has 7 heteroatoms.